The molecule has 0 saturated heterocycles. The van der Waals surface area contributed by atoms with Gasteiger partial charge in [-0.1, -0.05) is 38.5 Å². The Balaban J connectivity index is 2.50. The zero-order chi connectivity index (χ0) is 19.5. The van der Waals surface area contributed by atoms with Crippen molar-refractivity contribution in [3.8, 4) is 0 Å². The Labute approximate surface area is 156 Å². The molecule has 0 spiro atoms. The molecule has 2 rings (SSSR count). The van der Waals surface area contributed by atoms with Crippen LogP contribution < -0.4 is 0 Å². The maximum Gasteiger partial charge on any atom is 0.323 e. The van der Waals surface area contributed by atoms with Crippen molar-refractivity contribution in [2.45, 2.75) is 46.5 Å². The molecular formula is C21H32O5. The van der Waals surface area contributed by atoms with E-state index in [1.54, 1.807) is 7.11 Å². The summed E-state index contributed by atoms with van der Waals surface area (Å²) < 4.78 is 15.4. The highest BCUT2D eigenvalue weighted by Gasteiger charge is 2.60. The fourth-order valence-corrected chi connectivity index (χ4v) is 4.50. The van der Waals surface area contributed by atoms with E-state index >= 15 is 0 Å². The molecule has 0 aromatic heterocycles. The highest BCUT2D eigenvalue weighted by atomic mass is 16.5. The Hall–Kier alpha value is -1.62. The number of rotatable bonds is 5. The summed E-state index contributed by atoms with van der Waals surface area (Å²) in [7, 11) is 4.38. The molecule has 5 nitrogen and oxygen atoms in total. The number of hydrogen-bond acceptors (Lipinski definition) is 5. The first-order valence-electron chi connectivity index (χ1n) is 9.26. The van der Waals surface area contributed by atoms with Gasteiger partial charge < -0.3 is 14.2 Å². The molecule has 2 aliphatic rings. The Kier molecular flexibility index (Phi) is 6.33. The van der Waals surface area contributed by atoms with E-state index < -0.39 is 17.4 Å². The van der Waals surface area contributed by atoms with Crippen LogP contribution >= 0.6 is 0 Å². The predicted octanol–water partition coefficient (Wildman–Crippen LogP) is 3.68. The first-order valence-corrected chi connectivity index (χ1v) is 9.26. The van der Waals surface area contributed by atoms with Gasteiger partial charge in [-0.3, -0.25) is 9.59 Å². The molecule has 0 bridgehead atoms. The van der Waals surface area contributed by atoms with Crippen LogP contribution in [-0.2, 0) is 23.8 Å². The Morgan fingerprint density at radius 2 is 1.81 bits per heavy atom. The normalized spacial score (nSPS) is 31.7. The lowest BCUT2D eigenvalue weighted by atomic mass is 9.72. The predicted molar refractivity (Wildman–Crippen MR) is 99.4 cm³/mol. The molecule has 2 aliphatic carbocycles. The maximum absolute atomic E-state index is 12.6. The van der Waals surface area contributed by atoms with Crippen LogP contribution in [0.3, 0.4) is 0 Å². The van der Waals surface area contributed by atoms with E-state index in [4.69, 9.17) is 14.2 Å². The van der Waals surface area contributed by atoms with Gasteiger partial charge in [0.05, 0.1) is 20.8 Å². The van der Waals surface area contributed by atoms with Gasteiger partial charge in [0.1, 0.15) is 0 Å². The monoisotopic (exact) mass is 364 g/mol. The smallest absolute Gasteiger partial charge is 0.323 e. The molecule has 0 aromatic rings. The molecule has 5 heteroatoms. The fourth-order valence-electron chi connectivity index (χ4n) is 4.50. The topological polar surface area (TPSA) is 61.8 Å². The molecule has 1 saturated carbocycles. The van der Waals surface area contributed by atoms with E-state index in [0.717, 1.165) is 12.8 Å². The molecule has 0 radical (unpaired) electrons. The Morgan fingerprint density at radius 1 is 1.19 bits per heavy atom. The van der Waals surface area contributed by atoms with Crippen molar-refractivity contribution in [1.29, 1.82) is 0 Å². The molecular weight excluding hydrogens is 332 g/mol. The maximum atomic E-state index is 12.6. The van der Waals surface area contributed by atoms with Gasteiger partial charge in [-0.2, -0.15) is 0 Å². The molecule has 0 amide bonds. The zero-order valence-corrected chi connectivity index (χ0v) is 16.9. The lowest BCUT2D eigenvalue weighted by Gasteiger charge is -2.32. The molecule has 0 unspecified atom stereocenters. The number of fused-ring (bicyclic) bond motifs is 1. The van der Waals surface area contributed by atoms with Crippen LogP contribution in [0.2, 0.25) is 0 Å². The Morgan fingerprint density at radius 3 is 2.31 bits per heavy atom. The second kappa shape index (κ2) is 7.95. The first kappa shape index (κ1) is 20.7. The van der Waals surface area contributed by atoms with E-state index in [9.17, 15) is 9.59 Å². The summed E-state index contributed by atoms with van der Waals surface area (Å²) in [5.41, 5.74) is 1.15. The second-order valence-corrected chi connectivity index (χ2v) is 8.28. The summed E-state index contributed by atoms with van der Waals surface area (Å²) in [6.07, 6.45) is 7.07. The average Bonchev–Trinajstić information content (AvgIpc) is 2.89. The van der Waals surface area contributed by atoms with Crippen molar-refractivity contribution >= 4 is 11.9 Å². The van der Waals surface area contributed by atoms with Gasteiger partial charge in [-0.15, -0.1) is 0 Å². The third kappa shape index (κ3) is 3.73. The van der Waals surface area contributed by atoms with E-state index in [2.05, 4.69) is 32.9 Å². The molecule has 2 atom stereocenters. The summed E-state index contributed by atoms with van der Waals surface area (Å²) in [4.78, 5) is 25.2. The minimum atomic E-state index is -1.22. The lowest BCUT2D eigenvalue weighted by Crippen LogP contribution is -2.40. The van der Waals surface area contributed by atoms with Crippen molar-refractivity contribution in [1.82, 2.24) is 0 Å². The van der Waals surface area contributed by atoms with Crippen molar-refractivity contribution in [2.24, 2.45) is 22.7 Å². The zero-order valence-electron chi connectivity index (χ0n) is 16.9. The summed E-state index contributed by atoms with van der Waals surface area (Å²) in [5, 5.41) is 0. The van der Waals surface area contributed by atoms with Gasteiger partial charge in [0.2, 0.25) is 0 Å². The van der Waals surface area contributed by atoms with Gasteiger partial charge in [0, 0.05) is 7.11 Å². The van der Waals surface area contributed by atoms with Crippen LogP contribution in [0, 0.1) is 22.7 Å². The summed E-state index contributed by atoms with van der Waals surface area (Å²) in [5.74, 6) is -0.460. The molecule has 1 fully saturated rings. The standard InChI is InChI=1S/C21H32O5/c1-14(2)16-9-15(12-24-4)7-8-20(3)13-21(18(22)25-5,19(23)26-6)11-17(20)10-16/h7,10,14,17H,8-9,11-13H2,1-6H3/b15-7+,16-10+/t17-,20+/m1/s1. The number of hydrogen-bond donors (Lipinski definition) is 0. The second-order valence-electron chi connectivity index (χ2n) is 8.28. The SMILES string of the molecule is COC/C1=C/C[C@@]2(C)CC(C(=O)OC)(C(=O)OC)C[C@H]2/C=C(/C(C)C)C1. The van der Waals surface area contributed by atoms with Crippen molar-refractivity contribution in [3.05, 3.63) is 23.3 Å². The van der Waals surface area contributed by atoms with Crippen LogP contribution in [0.4, 0.5) is 0 Å². The molecule has 0 aromatic carbocycles. The highest BCUT2D eigenvalue weighted by molar-refractivity contribution is 6.00. The number of allylic oxidation sites excluding steroid dienone is 3. The number of esters is 2. The lowest BCUT2D eigenvalue weighted by molar-refractivity contribution is -0.169. The van der Waals surface area contributed by atoms with Gasteiger partial charge in [0.25, 0.3) is 0 Å². The van der Waals surface area contributed by atoms with Crippen LogP contribution in [0.5, 0.6) is 0 Å². The van der Waals surface area contributed by atoms with E-state index in [1.165, 1.54) is 25.4 Å². The average molecular weight is 364 g/mol. The highest BCUT2D eigenvalue weighted by Crippen LogP contribution is 2.58. The van der Waals surface area contributed by atoms with Gasteiger partial charge >= 0.3 is 11.9 Å². The fraction of sp³-hybridized carbons (Fsp3) is 0.714. The number of carbonyl (C=O) groups excluding carboxylic acids is 2. The Bertz CT molecular complexity index is 600. The van der Waals surface area contributed by atoms with E-state index in [-0.39, 0.29) is 11.3 Å². The van der Waals surface area contributed by atoms with Crippen LogP contribution in [0.1, 0.15) is 46.5 Å². The summed E-state index contributed by atoms with van der Waals surface area (Å²) in [6.45, 7) is 7.12. The molecule has 0 heterocycles. The third-order valence-corrected chi connectivity index (χ3v) is 6.10. The molecule has 26 heavy (non-hydrogen) atoms. The first-order chi connectivity index (χ1) is 12.2. The minimum Gasteiger partial charge on any atom is -0.468 e. The number of ether oxygens (including phenoxy) is 3. The largest absolute Gasteiger partial charge is 0.468 e. The van der Waals surface area contributed by atoms with Crippen LogP contribution in [0.25, 0.3) is 0 Å². The minimum absolute atomic E-state index is 0.124. The van der Waals surface area contributed by atoms with Crippen LogP contribution in [-0.4, -0.2) is 39.9 Å². The molecule has 0 N–H and O–H groups in total. The van der Waals surface area contributed by atoms with Crippen molar-refractivity contribution in [3.63, 3.8) is 0 Å². The molecule has 146 valence electrons. The van der Waals surface area contributed by atoms with E-state index in [0.29, 0.717) is 25.4 Å². The van der Waals surface area contributed by atoms with Crippen molar-refractivity contribution in [2.75, 3.05) is 27.9 Å². The summed E-state index contributed by atoms with van der Waals surface area (Å²) in [6, 6.07) is 0. The summed E-state index contributed by atoms with van der Waals surface area (Å²) >= 11 is 0. The quantitative estimate of drug-likeness (QED) is 0.423. The van der Waals surface area contributed by atoms with Gasteiger partial charge in [-0.05, 0) is 48.5 Å². The number of carbonyl (C=O) groups is 2. The van der Waals surface area contributed by atoms with E-state index in [1.807, 2.05) is 0 Å². The number of methoxy groups -OCH3 is 3. The van der Waals surface area contributed by atoms with Gasteiger partial charge in [0.15, 0.2) is 5.41 Å². The van der Waals surface area contributed by atoms with Crippen molar-refractivity contribution < 1.29 is 23.8 Å². The van der Waals surface area contributed by atoms with Crippen LogP contribution in [0.15, 0.2) is 23.3 Å². The third-order valence-electron chi connectivity index (χ3n) is 6.10. The van der Waals surface area contributed by atoms with Gasteiger partial charge in [-0.25, -0.2) is 0 Å². The molecule has 0 aliphatic heterocycles.